The number of aliphatic hydroxyl groups is 1. The fourth-order valence-electron chi connectivity index (χ4n) is 2.30. The molecule has 0 bridgehead atoms. The zero-order valence-corrected chi connectivity index (χ0v) is 8.04. The van der Waals surface area contributed by atoms with E-state index in [4.69, 9.17) is 10.5 Å². The predicted molar refractivity (Wildman–Crippen MR) is 50.3 cm³/mol. The summed E-state index contributed by atoms with van der Waals surface area (Å²) in [6, 6.07) is 0. The first kappa shape index (κ1) is 9.44. The lowest BCUT2D eigenvalue weighted by molar-refractivity contribution is -0.0381. The Bertz CT molecular complexity index is 174. The van der Waals surface area contributed by atoms with Crippen molar-refractivity contribution >= 4 is 0 Å². The molecular weight excluding hydrogens is 166 g/mol. The fraction of sp³-hybridized carbons (Fsp3) is 1.00. The van der Waals surface area contributed by atoms with Gasteiger partial charge in [-0.15, -0.1) is 0 Å². The van der Waals surface area contributed by atoms with Crippen LogP contribution < -0.4 is 5.73 Å². The van der Waals surface area contributed by atoms with Crippen LogP contribution in [0.3, 0.4) is 0 Å². The molecule has 3 heteroatoms. The van der Waals surface area contributed by atoms with E-state index in [2.05, 4.69) is 0 Å². The molecule has 0 amide bonds. The molecule has 3 N–H and O–H groups in total. The maximum atomic E-state index is 10.1. The number of rotatable bonds is 3. The minimum atomic E-state index is -0.224. The van der Waals surface area contributed by atoms with Gasteiger partial charge in [-0.3, -0.25) is 0 Å². The Morgan fingerprint density at radius 3 is 2.77 bits per heavy atom. The average molecular weight is 185 g/mol. The Balaban J connectivity index is 1.91. The van der Waals surface area contributed by atoms with E-state index in [1.807, 2.05) is 0 Å². The second-order valence-corrected chi connectivity index (χ2v) is 4.49. The molecule has 1 heterocycles. The zero-order valence-electron chi connectivity index (χ0n) is 8.04. The molecule has 76 valence electrons. The molecule has 0 spiro atoms. The van der Waals surface area contributed by atoms with Crippen LogP contribution in [0.5, 0.6) is 0 Å². The van der Waals surface area contributed by atoms with Crippen LogP contribution in [0.15, 0.2) is 0 Å². The van der Waals surface area contributed by atoms with Gasteiger partial charge in [-0.05, 0) is 25.7 Å². The van der Waals surface area contributed by atoms with Gasteiger partial charge in [0.2, 0.25) is 0 Å². The van der Waals surface area contributed by atoms with Crippen molar-refractivity contribution < 1.29 is 9.84 Å². The first-order chi connectivity index (χ1) is 6.28. The quantitative estimate of drug-likeness (QED) is 0.673. The summed E-state index contributed by atoms with van der Waals surface area (Å²) in [6.45, 7) is 2.21. The minimum absolute atomic E-state index is 0.0609. The summed E-state index contributed by atoms with van der Waals surface area (Å²) in [5.74, 6) is 0.333. The van der Waals surface area contributed by atoms with E-state index in [1.54, 1.807) is 0 Å². The largest absolute Gasteiger partial charge is 0.392 e. The van der Waals surface area contributed by atoms with Crippen molar-refractivity contribution in [3.05, 3.63) is 0 Å². The number of hydrogen-bond donors (Lipinski definition) is 2. The van der Waals surface area contributed by atoms with Crippen LogP contribution in [0.2, 0.25) is 0 Å². The molecule has 1 aliphatic heterocycles. The first-order valence-electron chi connectivity index (χ1n) is 5.24. The van der Waals surface area contributed by atoms with Crippen molar-refractivity contribution in [2.75, 3.05) is 19.8 Å². The smallest absolute Gasteiger partial charge is 0.0658 e. The van der Waals surface area contributed by atoms with Gasteiger partial charge in [-0.2, -0.15) is 0 Å². The SMILES string of the molecule is NCC1(C(O)C2CCCOC2)CC1. The van der Waals surface area contributed by atoms with E-state index < -0.39 is 0 Å². The molecule has 13 heavy (non-hydrogen) atoms. The Labute approximate surface area is 79.3 Å². The molecule has 1 saturated heterocycles. The highest BCUT2D eigenvalue weighted by atomic mass is 16.5. The Hall–Kier alpha value is -0.120. The van der Waals surface area contributed by atoms with Gasteiger partial charge in [-0.25, -0.2) is 0 Å². The molecule has 2 fully saturated rings. The summed E-state index contributed by atoms with van der Waals surface area (Å²) in [5, 5.41) is 10.1. The van der Waals surface area contributed by atoms with Gasteiger partial charge < -0.3 is 15.6 Å². The number of ether oxygens (including phenoxy) is 1. The monoisotopic (exact) mass is 185 g/mol. The van der Waals surface area contributed by atoms with Crippen molar-refractivity contribution in [1.82, 2.24) is 0 Å². The molecule has 1 saturated carbocycles. The third-order valence-corrected chi connectivity index (χ3v) is 3.57. The van der Waals surface area contributed by atoms with E-state index >= 15 is 0 Å². The topological polar surface area (TPSA) is 55.5 Å². The molecule has 0 aromatic rings. The van der Waals surface area contributed by atoms with Gasteiger partial charge in [0.25, 0.3) is 0 Å². The van der Waals surface area contributed by atoms with Crippen molar-refractivity contribution in [1.29, 1.82) is 0 Å². The summed E-state index contributed by atoms with van der Waals surface area (Å²) in [5.41, 5.74) is 5.74. The number of hydrogen-bond acceptors (Lipinski definition) is 3. The lowest BCUT2D eigenvalue weighted by atomic mass is 9.85. The van der Waals surface area contributed by atoms with E-state index in [0.29, 0.717) is 12.5 Å². The summed E-state index contributed by atoms with van der Waals surface area (Å²) < 4.78 is 5.37. The lowest BCUT2D eigenvalue weighted by Crippen LogP contribution is -2.39. The van der Waals surface area contributed by atoms with E-state index in [1.165, 1.54) is 0 Å². The van der Waals surface area contributed by atoms with Crippen molar-refractivity contribution in [3.8, 4) is 0 Å². The summed E-state index contributed by atoms with van der Waals surface area (Å²) in [4.78, 5) is 0. The normalized spacial score (nSPS) is 34.2. The highest BCUT2D eigenvalue weighted by Gasteiger charge is 2.50. The van der Waals surface area contributed by atoms with Crippen LogP contribution >= 0.6 is 0 Å². The molecule has 2 rings (SSSR count). The highest BCUT2D eigenvalue weighted by molar-refractivity contribution is 5.01. The summed E-state index contributed by atoms with van der Waals surface area (Å²) >= 11 is 0. The molecule has 0 radical (unpaired) electrons. The number of aliphatic hydroxyl groups excluding tert-OH is 1. The van der Waals surface area contributed by atoms with Gasteiger partial charge in [0.15, 0.2) is 0 Å². The van der Waals surface area contributed by atoms with Crippen LogP contribution in [0.1, 0.15) is 25.7 Å². The highest BCUT2D eigenvalue weighted by Crippen LogP contribution is 2.50. The number of nitrogens with two attached hydrogens (primary N) is 1. The maximum Gasteiger partial charge on any atom is 0.0658 e. The van der Waals surface area contributed by atoms with Crippen LogP contribution in [0, 0.1) is 11.3 Å². The van der Waals surface area contributed by atoms with Crippen LogP contribution in [0.4, 0.5) is 0 Å². The maximum absolute atomic E-state index is 10.1. The van der Waals surface area contributed by atoms with E-state index in [9.17, 15) is 5.11 Å². The van der Waals surface area contributed by atoms with Gasteiger partial charge in [0.05, 0.1) is 12.7 Å². The molecule has 1 aliphatic carbocycles. The molecule has 0 aromatic heterocycles. The first-order valence-corrected chi connectivity index (χ1v) is 5.24. The minimum Gasteiger partial charge on any atom is -0.392 e. The fourth-order valence-corrected chi connectivity index (χ4v) is 2.30. The third-order valence-electron chi connectivity index (χ3n) is 3.57. The Kier molecular flexibility index (Phi) is 2.58. The van der Waals surface area contributed by atoms with Crippen LogP contribution in [-0.4, -0.2) is 31.0 Å². The van der Waals surface area contributed by atoms with Gasteiger partial charge in [0, 0.05) is 24.5 Å². The summed E-state index contributed by atoms with van der Waals surface area (Å²) in [7, 11) is 0. The Morgan fingerprint density at radius 1 is 1.54 bits per heavy atom. The van der Waals surface area contributed by atoms with Gasteiger partial charge in [-0.1, -0.05) is 0 Å². The molecular formula is C10H19NO2. The van der Waals surface area contributed by atoms with Gasteiger partial charge >= 0.3 is 0 Å². The van der Waals surface area contributed by atoms with Crippen molar-refractivity contribution in [2.45, 2.75) is 31.8 Å². The zero-order chi connectivity index (χ0) is 9.31. The second kappa shape index (κ2) is 3.56. The lowest BCUT2D eigenvalue weighted by Gasteiger charge is -2.31. The van der Waals surface area contributed by atoms with E-state index in [-0.39, 0.29) is 11.5 Å². The Morgan fingerprint density at radius 2 is 2.31 bits per heavy atom. The summed E-state index contributed by atoms with van der Waals surface area (Å²) in [6.07, 6.45) is 4.16. The average Bonchev–Trinajstić information content (AvgIpc) is 2.99. The van der Waals surface area contributed by atoms with Crippen LogP contribution in [-0.2, 0) is 4.74 Å². The van der Waals surface area contributed by atoms with Crippen molar-refractivity contribution in [2.24, 2.45) is 17.1 Å². The molecule has 2 aliphatic rings. The van der Waals surface area contributed by atoms with Crippen LogP contribution in [0.25, 0.3) is 0 Å². The molecule has 0 aromatic carbocycles. The molecule has 3 nitrogen and oxygen atoms in total. The third kappa shape index (κ3) is 1.73. The second-order valence-electron chi connectivity index (χ2n) is 4.49. The van der Waals surface area contributed by atoms with Gasteiger partial charge in [0.1, 0.15) is 0 Å². The molecule has 2 atom stereocenters. The molecule has 2 unspecified atom stereocenters. The predicted octanol–water partition coefficient (Wildman–Crippen LogP) is 0.513. The van der Waals surface area contributed by atoms with E-state index in [0.717, 1.165) is 38.9 Å². The van der Waals surface area contributed by atoms with Crippen molar-refractivity contribution in [3.63, 3.8) is 0 Å². The standard InChI is InChI=1S/C10H19NO2/c11-7-10(3-4-10)9(12)8-2-1-5-13-6-8/h8-9,12H,1-7,11H2.